The largest absolute Gasteiger partial charge is 0.493 e. The van der Waals surface area contributed by atoms with E-state index in [2.05, 4.69) is 17.0 Å². The lowest BCUT2D eigenvalue weighted by Gasteiger charge is -2.26. The van der Waals surface area contributed by atoms with E-state index in [0.29, 0.717) is 104 Å². The predicted octanol–water partition coefficient (Wildman–Crippen LogP) is 6.18. The van der Waals surface area contributed by atoms with Gasteiger partial charge in [0.1, 0.15) is 13.2 Å². The molecule has 5 aromatic rings. The molecule has 75 heavy (non-hydrogen) atoms. The molecule has 1 saturated heterocycles. The number of nitrogens with two attached hydrogens (primary N) is 1. The van der Waals surface area contributed by atoms with Crippen molar-refractivity contribution in [2.45, 2.75) is 51.4 Å². The molecule has 396 valence electrons. The zero-order valence-electron chi connectivity index (χ0n) is 42.6. The Morgan fingerprint density at radius 3 is 2.09 bits per heavy atom. The lowest BCUT2D eigenvalue weighted by molar-refractivity contribution is -0.197. The molecule has 19 nitrogen and oxygen atoms in total. The van der Waals surface area contributed by atoms with Gasteiger partial charge in [0.2, 0.25) is 0 Å². The maximum atomic E-state index is 14.1. The summed E-state index contributed by atoms with van der Waals surface area (Å²) in [6, 6.07) is 31.2. The number of anilines is 2. The number of fused-ring (bicyclic) bond motifs is 1. The number of hydrogen-bond donors (Lipinski definition) is 2. The fourth-order valence-electron chi connectivity index (χ4n) is 8.63. The van der Waals surface area contributed by atoms with Crippen molar-refractivity contribution in [2.24, 2.45) is 10.7 Å². The average Bonchev–Trinajstić information content (AvgIpc) is 3.97. The van der Waals surface area contributed by atoms with E-state index in [9.17, 15) is 24.0 Å². The zero-order chi connectivity index (χ0) is 53.1. The fourth-order valence-corrected chi connectivity index (χ4v) is 8.63. The number of hydrogen-bond acceptors (Lipinski definition) is 16. The number of carbonyl (C=O) groups excluding carboxylic acids is 5. The Morgan fingerprint density at radius 1 is 0.733 bits per heavy atom. The number of carbonyl (C=O) groups is 5. The van der Waals surface area contributed by atoms with Crippen LogP contribution in [0.2, 0.25) is 0 Å². The van der Waals surface area contributed by atoms with Gasteiger partial charge >= 0.3 is 5.97 Å². The molecule has 0 bridgehead atoms. The number of rotatable bonds is 29. The van der Waals surface area contributed by atoms with E-state index in [0.717, 1.165) is 16.8 Å². The summed E-state index contributed by atoms with van der Waals surface area (Å²) in [5.41, 5.74) is 12.0. The monoisotopic (exact) mass is 1030 g/mol. The summed E-state index contributed by atoms with van der Waals surface area (Å²) in [6.07, 6.45) is 1.03. The molecule has 19 heteroatoms. The van der Waals surface area contributed by atoms with Crippen LogP contribution in [0.1, 0.15) is 62.2 Å². The molecule has 1 fully saturated rings. The van der Waals surface area contributed by atoms with Gasteiger partial charge in [0.15, 0.2) is 23.0 Å². The molecule has 4 amide bonds. The van der Waals surface area contributed by atoms with Gasteiger partial charge in [0.25, 0.3) is 23.6 Å². The number of imide groups is 1. The lowest BCUT2D eigenvalue weighted by atomic mass is 10.1. The van der Waals surface area contributed by atoms with Crippen LogP contribution in [0.15, 0.2) is 108 Å². The van der Waals surface area contributed by atoms with Crippen LogP contribution in [-0.4, -0.2) is 128 Å². The minimum absolute atomic E-state index is 0.00959. The number of ether oxygens (including phenoxy) is 7. The molecular weight excluding hydrogens is 965 g/mol. The van der Waals surface area contributed by atoms with E-state index < -0.39 is 17.8 Å². The molecular formula is C56H64N6O13. The fraction of sp³-hybridized carbons (Fsp3) is 0.357. The molecule has 0 spiro atoms. The molecule has 0 aromatic heterocycles. The normalized spacial score (nSPS) is 13.8. The Labute approximate surface area is 436 Å². The molecule has 7 rings (SSSR count). The van der Waals surface area contributed by atoms with Crippen molar-refractivity contribution in [2.75, 3.05) is 90.3 Å². The van der Waals surface area contributed by atoms with Crippen molar-refractivity contribution in [1.29, 1.82) is 0 Å². The van der Waals surface area contributed by atoms with Crippen molar-refractivity contribution in [3.05, 3.63) is 137 Å². The number of amides is 4. The quantitative estimate of drug-likeness (QED) is 0.0310. The van der Waals surface area contributed by atoms with Crippen LogP contribution in [0.4, 0.5) is 17.1 Å². The molecule has 2 aliphatic rings. The van der Waals surface area contributed by atoms with Crippen molar-refractivity contribution in [1.82, 2.24) is 10.4 Å². The number of hydroxylamine groups is 2. The molecule has 5 aromatic carbocycles. The van der Waals surface area contributed by atoms with Gasteiger partial charge in [-0.15, -0.1) is 5.06 Å². The third-order valence-corrected chi connectivity index (χ3v) is 12.5. The van der Waals surface area contributed by atoms with E-state index in [1.807, 2.05) is 77.7 Å². The smallest absolute Gasteiger partial charge is 0.334 e. The van der Waals surface area contributed by atoms with Gasteiger partial charge in [-0.05, 0) is 90.3 Å². The second kappa shape index (κ2) is 27.4. The molecule has 0 radical (unpaired) electrons. The first-order valence-corrected chi connectivity index (χ1v) is 24.7. The summed E-state index contributed by atoms with van der Waals surface area (Å²) >= 11 is 0. The highest BCUT2D eigenvalue weighted by molar-refractivity contribution is 6.08. The molecule has 0 saturated carbocycles. The summed E-state index contributed by atoms with van der Waals surface area (Å²) in [7, 11) is 4.57. The van der Waals surface area contributed by atoms with Crippen molar-refractivity contribution in [3.63, 3.8) is 0 Å². The third kappa shape index (κ3) is 14.7. The zero-order valence-corrected chi connectivity index (χ0v) is 42.6. The summed E-state index contributed by atoms with van der Waals surface area (Å²) < 4.78 is 40.9. The van der Waals surface area contributed by atoms with Gasteiger partial charge in [-0.3, -0.25) is 24.2 Å². The van der Waals surface area contributed by atoms with Gasteiger partial charge in [-0.1, -0.05) is 48.5 Å². The Bertz CT molecular complexity index is 2780. The average molecular weight is 1030 g/mol. The Hall–Kier alpha value is -7.84. The van der Waals surface area contributed by atoms with Gasteiger partial charge < -0.3 is 58.8 Å². The first-order chi connectivity index (χ1) is 36.5. The van der Waals surface area contributed by atoms with E-state index in [1.165, 1.54) is 14.2 Å². The summed E-state index contributed by atoms with van der Waals surface area (Å²) in [6.45, 7) is 6.55. The van der Waals surface area contributed by atoms with Gasteiger partial charge in [-0.2, -0.15) is 0 Å². The predicted molar refractivity (Wildman–Crippen MR) is 280 cm³/mol. The van der Waals surface area contributed by atoms with Gasteiger partial charge in [0, 0.05) is 69.1 Å². The standard InChI is InChI=1S/C56H64N6O13/c1-58-46-34-51(50(70-4)33-45(46)55(66)59-20-18-38-10-6-5-7-11-38)74-37-40-28-39(36-73-48-15-14-42(32-49(48)69-3)56(67)61-44(35-57)31-41-12-8-9-13-47(41)61)29-43(30-40)60(22-23-71-26-27-72-25-24-68-2)21-19-54(65)75-62-52(63)16-17-53(62)64/h5-15,28-30,32-34,44H,1,16-27,31,35-37,57H2,2-4H3,(H,59,66)/t44-/m0/s1. The van der Waals surface area contributed by atoms with Crippen LogP contribution in [0.5, 0.6) is 23.0 Å². The second-order valence-corrected chi connectivity index (χ2v) is 17.5. The van der Waals surface area contributed by atoms with Crippen LogP contribution in [-0.2, 0) is 59.5 Å². The van der Waals surface area contributed by atoms with Crippen LogP contribution in [0.3, 0.4) is 0 Å². The van der Waals surface area contributed by atoms with Crippen LogP contribution in [0, 0.1) is 0 Å². The summed E-state index contributed by atoms with van der Waals surface area (Å²) in [4.78, 5) is 78.2. The summed E-state index contributed by atoms with van der Waals surface area (Å²) in [5, 5.41) is 3.48. The number of methoxy groups -OCH3 is 3. The van der Waals surface area contributed by atoms with E-state index in [-0.39, 0.29) is 80.5 Å². The Kier molecular flexibility index (Phi) is 20.1. The number of benzene rings is 5. The van der Waals surface area contributed by atoms with Crippen LogP contribution in [0.25, 0.3) is 0 Å². The third-order valence-electron chi connectivity index (χ3n) is 12.5. The first-order valence-electron chi connectivity index (χ1n) is 24.7. The number of aliphatic imine (C=N–C) groups is 1. The van der Waals surface area contributed by atoms with Crippen molar-refractivity contribution in [3.8, 4) is 23.0 Å². The Balaban J connectivity index is 1.14. The number of para-hydroxylation sites is 1. The maximum Gasteiger partial charge on any atom is 0.334 e. The minimum atomic E-state index is -0.771. The number of nitrogens with zero attached hydrogens (tertiary/aromatic N) is 4. The molecule has 2 aliphatic heterocycles. The molecule has 1 atom stereocenters. The van der Waals surface area contributed by atoms with Crippen molar-refractivity contribution >= 4 is 53.4 Å². The van der Waals surface area contributed by atoms with Gasteiger partial charge in [-0.25, -0.2) is 4.79 Å². The SMILES string of the molecule is C=Nc1cc(OCc2cc(COc3ccc(C(=O)N4c5ccccc5C[C@H]4CN)cc3OC)cc(N(CCOCCOCCOC)CCC(=O)ON3C(=O)CCC3=O)c2)c(OC)cc1C(=O)NCCc1ccccc1. The highest BCUT2D eigenvalue weighted by Crippen LogP contribution is 2.37. The molecule has 3 N–H and O–H groups in total. The lowest BCUT2D eigenvalue weighted by Crippen LogP contribution is -2.42. The second-order valence-electron chi connectivity index (χ2n) is 17.5. The highest BCUT2D eigenvalue weighted by atomic mass is 16.7. The topological polar surface area (TPSA) is 219 Å². The molecule has 2 heterocycles. The Morgan fingerprint density at radius 2 is 1.40 bits per heavy atom. The van der Waals surface area contributed by atoms with Crippen molar-refractivity contribution < 1.29 is 62.0 Å². The van der Waals surface area contributed by atoms with E-state index >= 15 is 0 Å². The number of nitrogens with one attached hydrogen (secondary N) is 1. The minimum Gasteiger partial charge on any atom is -0.493 e. The van der Waals surface area contributed by atoms with E-state index in [1.54, 1.807) is 42.3 Å². The first kappa shape index (κ1) is 54.9. The van der Waals surface area contributed by atoms with Crippen LogP contribution < -0.4 is 39.8 Å². The molecule has 0 unspecified atom stereocenters. The van der Waals surface area contributed by atoms with E-state index in [4.69, 9.17) is 43.7 Å². The molecule has 0 aliphatic carbocycles. The summed E-state index contributed by atoms with van der Waals surface area (Å²) in [5.74, 6) is -1.20. The van der Waals surface area contributed by atoms with Gasteiger partial charge in [0.05, 0.1) is 71.0 Å². The van der Waals surface area contributed by atoms with Crippen LogP contribution >= 0.6 is 0 Å². The maximum absolute atomic E-state index is 14.1. The highest BCUT2D eigenvalue weighted by Gasteiger charge is 2.34.